The van der Waals surface area contributed by atoms with Gasteiger partial charge in [0.1, 0.15) is 128 Å². The molecule has 0 unspecified atom stereocenters. The van der Waals surface area contributed by atoms with Crippen LogP contribution in [0, 0.1) is 233 Å². The highest BCUT2D eigenvalue weighted by atomic mass is 32.2. The number of benzene rings is 8. The van der Waals surface area contributed by atoms with Crippen LogP contribution in [-0.2, 0) is 23.5 Å². The molecule has 0 heterocycles. The van der Waals surface area contributed by atoms with Crippen molar-refractivity contribution in [3.8, 4) is 0 Å². The van der Waals surface area contributed by atoms with Gasteiger partial charge in [0, 0.05) is 23.5 Å². The van der Waals surface area contributed by atoms with Gasteiger partial charge in [-0.2, -0.15) is 0 Å². The summed E-state index contributed by atoms with van der Waals surface area (Å²) >= 11 is 3.09. The lowest BCUT2D eigenvalue weighted by Gasteiger charge is -2.44. The van der Waals surface area contributed by atoms with Crippen LogP contribution in [0.5, 0.6) is 0 Å². The Morgan fingerprint density at radius 1 is 0.144 bits per heavy atom. The van der Waals surface area contributed by atoms with Crippen LogP contribution in [-0.4, -0.2) is 23.8 Å². The predicted octanol–water partition coefficient (Wildman–Crippen LogP) is 26.1. The van der Waals surface area contributed by atoms with E-state index in [-0.39, 0.29) is 0 Å². The van der Waals surface area contributed by atoms with Gasteiger partial charge in [-0.3, -0.25) is 0 Å². The van der Waals surface area contributed by atoms with Crippen molar-refractivity contribution >= 4 is 79.5 Å². The fourth-order valence-electron chi connectivity index (χ4n) is 15.0. The van der Waals surface area contributed by atoms with Crippen molar-refractivity contribution in [1.29, 1.82) is 0 Å². The highest BCUT2D eigenvalue weighted by molar-refractivity contribution is 7.81. The van der Waals surface area contributed by atoms with E-state index < -0.39 is 289 Å². The summed E-state index contributed by atoms with van der Waals surface area (Å²) in [6.45, 7) is 9.15. The minimum absolute atomic E-state index is 1.30. The van der Waals surface area contributed by atoms with Gasteiger partial charge in [-0.15, -0.1) is 43.7 Å². The van der Waals surface area contributed by atoms with Crippen molar-refractivity contribution in [3.63, 3.8) is 0 Å². The molecule has 0 spiro atoms. The molecule has 0 aromatic heterocycles. The molecule has 0 aliphatic heterocycles. The number of thiol groups is 2. The Balaban J connectivity index is 0.000000332. The predicted molar refractivity (Wildman–Crippen MR) is 425 cm³/mol. The van der Waals surface area contributed by atoms with Crippen LogP contribution in [0.3, 0.4) is 0 Å². The van der Waals surface area contributed by atoms with E-state index in [0.717, 1.165) is 0 Å². The molecule has 0 aliphatic carbocycles. The highest BCUT2D eigenvalue weighted by Gasteiger charge is 2.55. The van der Waals surface area contributed by atoms with Crippen molar-refractivity contribution in [2.24, 2.45) is 0 Å². The third-order valence-corrected chi connectivity index (χ3v) is 23.6. The first-order chi connectivity index (χ1) is 62.2. The lowest BCUT2D eigenvalue weighted by molar-refractivity contribution is 0.377. The Hall–Kier alpha value is -8.73. The molecule has 0 aliphatic rings. The number of rotatable bonds is 42. The molecular weight excluding hydrogens is 1900 g/mol. The first-order valence-corrected chi connectivity index (χ1v) is 43.6. The van der Waals surface area contributed by atoms with E-state index in [4.69, 9.17) is 0 Å². The second-order valence-corrected chi connectivity index (χ2v) is 32.5. The minimum Gasteiger partial charge on any atom is -0.207 e. The van der Waals surface area contributed by atoms with Gasteiger partial charge in [0.15, 0.2) is 140 Å². The maximum Gasteiger partial charge on any atom is 0.200 e. The fourth-order valence-corrected chi connectivity index (χ4v) is 16.7. The van der Waals surface area contributed by atoms with E-state index >= 15 is 70.2 Å². The number of halogens is 40. The van der Waals surface area contributed by atoms with Crippen molar-refractivity contribution < 1.29 is 176 Å². The highest BCUT2D eigenvalue weighted by Crippen LogP contribution is 2.35. The zero-order valence-corrected chi connectivity index (χ0v) is 71.9. The molecule has 0 N–H and O–H groups in total. The van der Waals surface area contributed by atoms with Gasteiger partial charge in [-0.1, -0.05) is 169 Å². The molecule has 0 saturated carbocycles. The van der Waals surface area contributed by atoms with Gasteiger partial charge in [0.05, 0.1) is 0 Å². The summed E-state index contributed by atoms with van der Waals surface area (Å²) in [5.41, 5.74) is -28.7. The van der Waals surface area contributed by atoms with Crippen LogP contribution in [0.25, 0.3) is 0 Å². The molecule has 8 aromatic carbocycles. The summed E-state index contributed by atoms with van der Waals surface area (Å²) < 4.78 is 588. The quantitative estimate of drug-likeness (QED) is 0.00680. The van der Waals surface area contributed by atoms with Gasteiger partial charge >= 0.3 is 0 Å². The summed E-state index contributed by atoms with van der Waals surface area (Å²) in [5.74, 6) is -140. The molecule has 0 nitrogen and oxygen atoms in total. The monoisotopic (exact) mass is 1980 g/mol. The van der Waals surface area contributed by atoms with Crippen LogP contribution < -0.4 is 43.7 Å². The van der Waals surface area contributed by atoms with Crippen molar-refractivity contribution in [1.82, 2.24) is 0 Å². The van der Waals surface area contributed by atoms with Gasteiger partial charge in [0.2, 0.25) is 0 Å². The molecular formula is C88H82B2F40S2. The molecule has 132 heavy (non-hydrogen) atoms. The first-order valence-electron chi connectivity index (χ1n) is 41.3. The maximum absolute atomic E-state index is 15.4. The smallest absolute Gasteiger partial charge is 0.200 e. The minimum atomic E-state index is -7.22. The summed E-state index contributed by atoms with van der Waals surface area (Å²) in [5, 5.41) is 4.79. The van der Waals surface area contributed by atoms with Gasteiger partial charge in [-0.25, -0.2) is 176 Å². The SMILES string of the molecule is CCCCCCCCC=C[SH+]CCCCCCCCCC.CCCCCCCCC=C[SH+]CCCCCCCCCC.Fc1c(F)c(F)c([B-](c2c(F)c(F)c(F)c(F)c2F)(c2c(F)c(F)c(F)c(F)c2F)c2c(F)c(F)c(F)c(F)c2F)c(F)c1F.Fc1c(F)c(F)c([B-](c2c(F)c(F)c(F)c(F)c2F)(c2c(F)c(F)c(F)c(F)c2F)c2c(F)c(F)c(F)c(F)c2F)c(F)c1F. The molecule has 0 fully saturated rings. The van der Waals surface area contributed by atoms with Crippen LogP contribution in [0.4, 0.5) is 176 Å². The molecule has 0 bridgehead atoms. The Morgan fingerprint density at radius 3 is 0.379 bits per heavy atom. The second-order valence-electron chi connectivity index (χ2n) is 30.2. The molecule has 732 valence electrons. The van der Waals surface area contributed by atoms with Crippen LogP contribution in [0.2, 0.25) is 0 Å². The van der Waals surface area contributed by atoms with Gasteiger partial charge in [-0.05, 0) is 63.5 Å². The molecule has 0 saturated heterocycles. The summed E-state index contributed by atoms with van der Waals surface area (Å²) in [6.07, 6.45) is 33.0. The average Bonchev–Trinajstić information content (AvgIpc) is 0.684. The van der Waals surface area contributed by atoms with Crippen LogP contribution in [0.15, 0.2) is 23.0 Å². The zero-order chi connectivity index (χ0) is 99.6. The van der Waals surface area contributed by atoms with E-state index in [1.807, 2.05) is 0 Å². The van der Waals surface area contributed by atoms with E-state index in [1.165, 1.54) is 204 Å². The normalized spacial score (nSPS) is 11.8. The van der Waals surface area contributed by atoms with Crippen LogP contribution >= 0.6 is 0 Å². The summed E-state index contributed by atoms with van der Waals surface area (Å²) in [6, 6.07) is 0. The van der Waals surface area contributed by atoms with Gasteiger partial charge < -0.3 is 0 Å². The summed E-state index contributed by atoms with van der Waals surface area (Å²) in [7, 11) is 0. The number of hydrogen-bond donors (Lipinski definition) is 0. The number of allylic oxidation sites excluding steroid dienone is 2. The van der Waals surface area contributed by atoms with Crippen LogP contribution in [0.1, 0.15) is 220 Å². The van der Waals surface area contributed by atoms with E-state index in [2.05, 4.69) is 50.7 Å². The second kappa shape index (κ2) is 52.4. The maximum atomic E-state index is 15.4. The first kappa shape index (κ1) is 114. The Bertz CT molecular complexity index is 4260. The zero-order valence-electron chi connectivity index (χ0n) is 70.1. The topological polar surface area (TPSA) is 0 Å². The Morgan fingerprint density at radius 2 is 0.250 bits per heavy atom. The lowest BCUT2D eigenvalue weighted by Crippen LogP contribution is -2.81. The largest absolute Gasteiger partial charge is 0.207 e. The number of hydrogen-bond acceptors (Lipinski definition) is 0. The fraction of sp³-hybridized carbons (Fsp3) is 0.409. The standard InChI is InChI=1S/2C24BF20.2C20H40S/c2*26-5-1(6(27)14(35)21(42)13(5)34)25(2-7(28)15(36)22(43)16(37)8(2)29,3-9(30)17(38)23(44)18(39)10(3)31)4-11(32)19(40)24(45)20(41)12(4)33;2*1-3-5-7-9-11-13-15-17-19-21-20-18-16-14-12-10-8-6-4-2/h;;2*17,19H,3-16,18,20H2,1-2H3/q2*-1;;/p+2. The molecule has 0 amide bonds. The lowest BCUT2D eigenvalue weighted by atomic mass is 9.12. The van der Waals surface area contributed by atoms with Gasteiger partial charge in [0.25, 0.3) is 0 Å². The molecule has 8 rings (SSSR count). The number of unbranched alkanes of at least 4 members (excludes halogenated alkanes) is 26. The van der Waals surface area contributed by atoms with Crippen molar-refractivity contribution in [2.45, 2.75) is 220 Å². The summed E-state index contributed by atoms with van der Waals surface area (Å²) in [4.78, 5) is 0. The van der Waals surface area contributed by atoms with E-state index in [9.17, 15) is 105 Å². The van der Waals surface area contributed by atoms with Crippen molar-refractivity contribution in [3.05, 3.63) is 256 Å². The van der Waals surface area contributed by atoms with Crippen molar-refractivity contribution in [2.75, 3.05) is 11.5 Å². The third kappa shape index (κ3) is 24.6. The average molecular weight is 1990 g/mol. The Labute approximate surface area is 739 Å². The Kier molecular flexibility index (Phi) is 45.2. The molecule has 44 heteroatoms. The molecule has 0 atom stereocenters. The molecule has 8 aromatic rings. The third-order valence-electron chi connectivity index (χ3n) is 21.6. The van der Waals surface area contributed by atoms with E-state index in [1.54, 1.807) is 23.5 Å². The molecule has 0 radical (unpaired) electrons. The van der Waals surface area contributed by atoms with E-state index in [0.29, 0.717) is 0 Å².